The molecule has 1 aromatic heterocycles. The molecule has 1 aliphatic carbocycles. The van der Waals surface area contributed by atoms with Crippen LogP contribution in [0.2, 0.25) is 10.6 Å². The first-order valence-electron chi connectivity index (χ1n) is 5.16. The van der Waals surface area contributed by atoms with Crippen molar-refractivity contribution < 1.29 is 0 Å². The van der Waals surface area contributed by atoms with Gasteiger partial charge in [0, 0.05) is 19.1 Å². The minimum absolute atomic E-state index is 0.109. The van der Waals surface area contributed by atoms with Crippen LogP contribution in [-0.2, 0) is 0 Å². The molecule has 0 spiro atoms. The van der Waals surface area contributed by atoms with E-state index in [1.165, 1.54) is 12.8 Å². The summed E-state index contributed by atoms with van der Waals surface area (Å²) in [6.07, 6.45) is 2.61. The van der Waals surface area contributed by atoms with Crippen molar-refractivity contribution in [2.45, 2.75) is 18.9 Å². The molecule has 0 radical (unpaired) electrons. The third-order valence-corrected chi connectivity index (χ3v) is 2.84. The lowest BCUT2D eigenvalue weighted by Crippen LogP contribution is -2.27. The molecule has 1 saturated carbocycles. The quantitative estimate of drug-likeness (QED) is 0.875. The molecule has 5 nitrogen and oxygen atoms in total. The Kier molecular flexibility index (Phi) is 3.78. The maximum Gasteiger partial charge on any atom is 0.228 e. The van der Waals surface area contributed by atoms with E-state index in [0.29, 0.717) is 5.95 Å². The van der Waals surface area contributed by atoms with Crippen LogP contribution in [0, 0.1) is 0 Å². The van der Waals surface area contributed by atoms with Crippen molar-refractivity contribution in [3.05, 3.63) is 10.6 Å². The van der Waals surface area contributed by atoms with Crippen molar-refractivity contribution in [2.24, 2.45) is 0 Å². The summed E-state index contributed by atoms with van der Waals surface area (Å²) in [6.45, 7) is 1.72. The van der Waals surface area contributed by atoms with Gasteiger partial charge in [0.2, 0.25) is 16.5 Å². The molecule has 2 rings (SSSR count). The van der Waals surface area contributed by atoms with Gasteiger partial charge in [0.15, 0.2) is 0 Å². The molecule has 88 valence electrons. The maximum atomic E-state index is 5.65. The van der Waals surface area contributed by atoms with Crippen LogP contribution in [0.15, 0.2) is 0 Å². The summed E-state index contributed by atoms with van der Waals surface area (Å²) in [5.41, 5.74) is 0. The van der Waals surface area contributed by atoms with Crippen LogP contribution < -0.4 is 5.32 Å². The van der Waals surface area contributed by atoms with Crippen LogP contribution in [0.5, 0.6) is 0 Å². The highest BCUT2D eigenvalue weighted by Crippen LogP contribution is 2.24. The zero-order valence-electron chi connectivity index (χ0n) is 8.95. The fraction of sp³-hybridized carbons (Fsp3) is 0.667. The molecule has 1 aromatic rings. The van der Waals surface area contributed by atoms with E-state index in [9.17, 15) is 0 Å². The first kappa shape index (κ1) is 11.8. The Balaban J connectivity index is 1.79. The summed E-state index contributed by atoms with van der Waals surface area (Å²) in [5, 5.41) is 3.29. The number of anilines is 1. The smallest absolute Gasteiger partial charge is 0.228 e. The molecule has 0 unspecified atom stereocenters. The number of nitrogens with one attached hydrogen (secondary N) is 1. The number of rotatable bonds is 5. The number of aromatic nitrogens is 3. The minimum atomic E-state index is 0.109. The molecular formula is C9H13Cl2N5. The van der Waals surface area contributed by atoms with Gasteiger partial charge in [0.1, 0.15) is 0 Å². The summed E-state index contributed by atoms with van der Waals surface area (Å²) in [7, 11) is 2.12. The standard InChI is InChI=1S/C9H13Cl2N5/c1-16(6-2-3-6)5-4-12-9-14-7(10)13-8(11)15-9/h6H,2-5H2,1H3,(H,12,13,14,15). The van der Waals surface area contributed by atoms with Gasteiger partial charge in [-0.15, -0.1) is 0 Å². The molecule has 1 N–H and O–H groups in total. The molecule has 1 aliphatic rings. The van der Waals surface area contributed by atoms with E-state index in [1.807, 2.05) is 0 Å². The zero-order chi connectivity index (χ0) is 11.5. The highest BCUT2D eigenvalue weighted by Gasteiger charge is 2.25. The van der Waals surface area contributed by atoms with Crippen molar-refractivity contribution in [2.75, 3.05) is 25.5 Å². The Hall–Kier alpha value is -0.650. The van der Waals surface area contributed by atoms with Crippen molar-refractivity contribution in [1.29, 1.82) is 0 Å². The normalized spacial score (nSPS) is 15.5. The summed E-state index contributed by atoms with van der Waals surface area (Å²) < 4.78 is 0. The van der Waals surface area contributed by atoms with E-state index in [1.54, 1.807) is 0 Å². The molecular weight excluding hydrogens is 249 g/mol. The Labute approximate surface area is 104 Å². The fourth-order valence-corrected chi connectivity index (χ4v) is 1.81. The van der Waals surface area contributed by atoms with Gasteiger partial charge >= 0.3 is 0 Å². The van der Waals surface area contributed by atoms with E-state index in [0.717, 1.165) is 19.1 Å². The van der Waals surface area contributed by atoms with E-state index in [-0.39, 0.29) is 10.6 Å². The molecule has 7 heteroatoms. The topological polar surface area (TPSA) is 53.9 Å². The van der Waals surface area contributed by atoms with Gasteiger partial charge in [-0.1, -0.05) is 0 Å². The van der Waals surface area contributed by atoms with Gasteiger partial charge in [0.05, 0.1) is 0 Å². The predicted molar refractivity (Wildman–Crippen MR) is 64.0 cm³/mol. The molecule has 0 bridgehead atoms. The lowest BCUT2D eigenvalue weighted by molar-refractivity contribution is 0.337. The fourth-order valence-electron chi connectivity index (χ4n) is 1.45. The van der Waals surface area contributed by atoms with E-state index < -0.39 is 0 Å². The molecule has 0 saturated heterocycles. The molecule has 1 heterocycles. The Morgan fingerprint density at radius 2 is 1.88 bits per heavy atom. The Morgan fingerprint density at radius 3 is 2.44 bits per heavy atom. The van der Waals surface area contributed by atoms with Gasteiger partial charge in [-0.05, 0) is 43.1 Å². The van der Waals surface area contributed by atoms with Gasteiger partial charge < -0.3 is 10.2 Å². The van der Waals surface area contributed by atoms with Crippen LogP contribution in [0.25, 0.3) is 0 Å². The second-order valence-electron chi connectivity index (χ2n) is 3.84. The molecule has 0 atom stereocenters. The van der Waals surface area contributed by atoms with Crippen LogP contribution in [0.4, 0.5) is 5.95 Å². The van der Waals surface area contributed by atoms with Crippen LogP contribution in [0.3, 0.4) is 0 Å². The van der Waals surface area contributed by atoms with Crippen molar-refractivity contribution in [1.82, 2.24) is 19.9 Å². The predicted octanol–water partition coefficient (Wildman–Crippen LogP) is 1.68. The van der Waals surface area contributed by atoms with Crippen LogP contribution in [-0.4, -0.2) is 46.0 Å². The first-order chi connectivity index (χ1) is 7.65. The van der Waals surface area contributed by atoms with E-state index in [4.69, 9.17) is 23.2 Å². The monoisotopic (exact) mass is 261 g/mol. The third kappa shape index (κ3) is 3.43. The number of hydrogen-bond acceptors (Lipinski definition) is 5. The second-order valence-corrected chi connectivity index (χ2v) is 4.51. The zero-order valence-corrected chi connectivity index (χ0v) is 10.5. The first-order valence-corrected chi connectivity index (χ1v) is 5.92. The maximum absolute atomic E-state index is 5.65. The second kappa shape index (κ2) is 5.12. The lowest BCUT2D eigenvalue weighted by atomic mass is 10.5. The summed E-state index contributed by atoms with van der Waals surface area (Å²) in [6, 6.07) is 0.757. The van der Waals surface area contributed by atoms with Crippen molar-refractivity contribution >= 4 is 29.2 Å². The van der Waals surface area contributed by atoms with Crippen LogP contribution in [0.1, 0.15) is 12.8 Å². The van der Waals surface area contributed by atoms with Crippen molar-refractivity contribution in [3.63, 3.8) is 0 Å². The molecule has 0 aromatic carbocycles. The summed E-state index contributed by atoms with van der Waals surface area (Å²) >= 11 is 11.3. The van der Waals surface area contributed by atoms with Crippen LogP contribution >= 0.6 is 23.2 Å². The average molecular weight is 262 g/mol. The third-order valence-electron chi connectivity index (χ3n) is 2.50. The van der Waals surface area contributed by atoms with Gasteiger partial charge in [-0.3, -0.25) is 0 Å². The number of hydrogen-bond donors (Lipinski definition) is 1. The van der Waals surface area contributed by atoms with Gasteiger partial charge in [-0.25, -0.2) is 0 Å². The lowest BCUT2D eigenvalue weighted by Gasteiger charge is -2.15. The average Bonchev–Trinajstić information content (AvgIpc) is 2.98. The summed E-state index contributed by atoms with van der Waals surface area (Å²) in [5.74, 6) is 0.425. The number of likely N-dealkylation sites (N-methyl/N-ethyl adjacent to an activating group) is 1. The molecule has 0 amide bonds. The molecule has 1 fully saturated rings. The van der Waals surface area contributed by atoms with Crippen molar-refractivity contribution in [3.8, 4) is 0 Å². The van der Waals surface area contributed by atoms with Gasteiger partial charge in [0.25, 0.3) is 0 Å². The minimum Gasteiger partial charge on any atom is -0.353 e. The number of nitrogens with zero attached hydrogens (tertiary/aromatic N) is 4. The molecule has 16 heavy (non-hydrogen) atoms. The summed E-state index contributed by atoms with van der Waals surface area (Å²) in [4.78, 5) is 13.8. The van der Waals surface area contributed by atoms with E-state index >= 15 is 0 Å². The SMILES string of the molecule is CN(CCNc1nc(Cl)nc(Cl)n1)C1CC1. The Morgan fingerprint density at radius 1 is 1.25 bits per heavy atom. The highest BCUT2D eigenvalue weighted by atomic mass is 35.5. The molecule has 0 aliphatic heterocycles. The van der Waals surface area contributed by atoms with Gasteiger partial charge in [-0.2, -0.15) is 15.0 Å². The Bertz CT molecular complexity index is 349. The highest BCUT2D eigenvalue weighted by molar-refractivity contribution is 6.31. The van der Waals surface area contributed by atoms with E-state index in [2.05, 4.69) is 32.2 Å². The largest absolute Gasteiger partial charge is 0.353 e. The number of halogens is 2.